The Kier molecular flexibility index (Phi) is 3.90. The van der Waals surface area contributed by atoms with E-state index in [1.54, 1.807) is 12.1 Å². The lowest BCUT2D eigenvalue weighted by Gasteiger charge is -2.29. The first-order valence-corrected chi connectivity index (χ1v) is 7.67. The van der Waals surface area contributed by atoms with Gasteiger partial charge >= 0.3 is 0 Å². The van der Waals surface area contributed by atoms with Gasteiger partial charge in [-0.1, -0.05) is 26.2 Å². The molecule has 2 unspecified atom stereocenters. The van der Waals surface area contributed by atoms with Gasteiger partial charge in [0.2, 0.25) is 6.79 Å². The molecule has 3 rings (SSSR count). The molecule has 1 heterocycles. The van der Waals surface area contributed by atoms with Gasteiger partial charge in [0, 0.05) is 17.8 Å². The fourth-order valence-corrected chi connectivity index (χ4v) is 3.21. The summed E-state index contributed by atoms with van der Waals surface area (Å²) in [5.74, 6) is 1.79. The molecule has 1 aliphatic heterocycles. The molecule has 0 aromatic heterocycles. The van der Waals surface area contributed by atoms with Crippen molar-refractivity contribution in [2.24, 2.45) is 5.92 Å². The molecule has 0 bridgehead atoms. The van der Waals surface area contributed by atoms with E-state index in [1.165, 1.54) is 19.3 Å². The van der Waals surface area contributed by atoms with Crippen LogP contribution < -0.4 is 20.5 Å². The van der Waals surface area contributed by atoms with Crippen LogP contribution in [-0.2, 0) is 0 Å². The van der Waals surface area contributed by atoms with Crippen molar-refractivity contribution in [3.63, 3.8) is 0 Å². The molecule has 1 aromatic rings. The predicted molar refractivity (Wildman–Crippen MR) is 80.5 cm³/mol. The van der Waals surface area contributed by atoms with E-state index in [-0.39, 0.29) is 18.7 Å². The number of nitrogens with two attached hydrogens (primary N) is 1. The van der Waals surface area contributed by atoms with E-state index in [0.717, 1.165) is 18.8 Å². The second kappa shape index (κ2) is 5.84. The summed E-state index contributed by atoms with van der Waals surface area (Å²) in [6, 6.07) is 3.58. The van der Waals surface area contributed by atoms with Crippen LogP contribution in [0, 0.1) is 5.92 Å². The molecule has 2 aliphatic rings. The molecular formula is C16H22N2O3. The lowest BCUT2D eigenvalue weighted by Crippen LogP contribution is -2.38. The Labute approximate surface area is 124 Å². The van der Waals surface area contributed by atoms with Crippen LogP contribution in [0.25, 0.3) is 0 Å². The highest BCUT2D eigenvalue weighted by atomic mass is 16.7. The molecule has 0 radical (unpaired) electrons. The lowest BCUT2D eigenvalue weighted by molar-refractivity contribution is 0.0919. The smallest absolute Gasteiger partial charge is 0.253 e. The van der Waals surface area contributed by atoms with Gasteiger partial charge in [-0.25, -0.2) is 0 Å². The molecule has 1 saturated carbocycles. The molecule has 0 spiro atoms. The standard InChI is InChI=1S/C16H22N2O3/c1-2-10-4-3-5-11(6-10)18-16(19)12-7-14-15(8-13(12)17)21-9-20-14/h7-8,10-11H,2-6,9,17H2,1H3,(H,18,19). The van der Waals surface area contributed by atoms with E-state index in [9.17, 15) is 4.79 Å². The van der Waals surface area contributed by atoms with Crippen LogP contribution in [0.3, 0.4) is 0 Å². The number of hydrogen-bond acceptors (Lipinski definition) is 4. The molecule has 0 saturated heterocycles. The number of hydrogen-bond donors (Lipinski definition) is 2. The van der Waals surface area contributed by atoms with Gasteiger partial charge in [0.15, 0.2) is 11.5 Å². The van der Waals surface area contributed by atoms with Crippen molar-refractivity contribution >= 4 is 11.6 Å². The Hall–Kier alpha value is -1.91. The monoisotopic (exact) mass is 290 g/mol. The second-order valence-corrected chi connectivity index (χ2v) is 5.90. The zero-order chi connectivity index (χ0) is 14.8. The Bertz CT molecular complexity index is 545. The first-order valence-electron chi connectivity index (χ1n) is 7.67. The molecular weight excluding hydrogens is 268 g/mol. The van der Waals surface area contributed by atoms with Crippen LogP contribution in [0.1, 0.15) is 49.4 Å². The maximum atomic E-state index is 12.4. The Balaban J connectivity index is 1.71. The maximum Gasteiger partial charge on any atom is 0.253 e. The summed E-state index contributed by atoms with van der Waals surface area (Å²) >= 11 is 0. The number of nitrogens with one attached hydrogen (secondary N) is 1. The fourth-order valence-electron chi connectivity index (χ4n) is 3.21. The highest BCUT2D eigenvalue weighted by Gasteiger charge is 2.25. The van der Waals surface area contributed by atoms with Crippen molar-refractivity contribution in [3.8, 4) is 11.5 Å². The SMILES string of the molecule is CCC1CCCC(NC(=O)c2cc3c(cc2N)OCO3)C1. The number of ether oxygens (including phenoxy) is 2. The number of rotatable bonds is 3. The van der Waals surface area contributed by atoms with Crippen LogP contribution in [0.4, 0.5) is 5.69 Å². The lowest BCUT2D eigenvalue weighted by atomic mass is 9.84. The summed E-state index contributed by atoms with van der Waals surface area (Å²) < 4.78 is 10.6. The predicted octanol–water partition coefficient (Wildman–Crippen LogP) is 2.70. The second-order valence-electron chi connectivity index (χ2n) is 5.90. The van der Waals surface area contributed by atoms with Crippen LogP contribution >= 0.6 is 0 Å². The van der Waals surface area contributed by atoms with E-state index in [2.05, 4.69) is 12.2 Å². The van der Waals surface area contributed by atoms with Crippen molar-refractivity contribution in [2.45, 2.75) is 45.1 Å². The zero-order valence-electron chi connectivity index (χ0n) is 12.4. The minimum atomic E-state index is -0.118. The van der Waals surface area contributed by atoms with Crippen LogP contribution in [0.2, 0.25) is 0 Å². The van der Waals surface area contributed by atoms with Crippen LogP contribution in [-0.4, -0.2) is 18.7 Å². The summed E-state index contributed by atoms with van der Waals surface area (Å²) in [7, 11) is 0. The number of benzene rings is 1. The maximum absolute atomic E-state index is 12.4. The summed E-state index contributed by atoms with van der Waals surface area (Å²) in [6.07, 6.45) is 5.74. The average Bonchev–Trinajstić information content (AvgIpc) is 2.93. The van der Waals surface area contributed by atoms with Gasteiger partial charge in [-0.2, -0.15) is 0 Å². The van der Waals surface area contributed by atoms with Gasteiger partial charge in [0.05, 0.1) is 5.56 Å². The average molecular weight is 290 g/mol. The molecule has 1 aliphatic carbocycles. The first kappa shape index (κ1) is 14.0. The van der Waals surface area contributed by atoms with E-state index in [0.29, 0.717) is 22.7 Å². The Morgan fingerprint density at radius 2 is 2.10 bits per heavy atom. The third-order valence-corrected chi connectivity index (χ3v) is 4.48. The molecule has 2 atom stereocenters. The number of nitrogen functional groups attached to an aromatic ring is 1. The topological polar surface area (TPSA) is 73.6 Å². The number of carbonyl (C=O) groups is 1. The first-order chi connectivity index (χ1) is 10.2. The highest BCUT2D eigenvalue weighted by Crippen LogP contribution is 2.36. The van der Waals surface area contributed by atoms with E-state index < -0.39 is 0 Å². The number of anilines is 1. The van der Waals surface area contributed by atoms with Gasteiger partial charge in [-0.3, -0.25) is 4.79 Å². The minimum absolute atomic E-state index is 0.118. The van der Waals surface area contributed by atoms with Gasteiger partial charge in [-0.05, 0) is 24.8 Å². The molecule has 1 aromatic carbocycles. The normalized spacial score (nSPS) is 23.9. The Morgan fingerprint density at radius 3 is 2.86 bits per heavy atom. The molecule has 1 fully saturated rings. The summed E-state index contributed by atoms with van der Waals surface area (Å²) in [5, 5.41) is 3.12. The number of fused-ring (bicyclic) bond motifs is 1. The minimum Gasteiger partial charge on any atom is -0.454 e. The molecule has 5 heteroatoms. The van der Waals surface area contributed by atoms with Crippen molar-refractivity contribution in [1.29, 1.82) is 0 Å². The highest BCUT2D eigenvalue weighted by molar-refractivity contribution is 6.00. The van der Waals surface area contributed by atoms with Crippen LogP contribution in [0.15, 0.2) is 12.1 Å². The van der Waals surface area contributed by atoms with E-state index >= 15 is 0 Å². The largest absolute Gasteiger partial charge is 0.454 e. The van der Waals surface area contributed by atoms with E-state index in [4.69, 9.17) is 15.2 Å². The third-order valence-electron chi connectivity index (χ3n) is 4.48. The number of carbonyl (C=O) groups excluding carboxylic acids is 1. The fraction of sp³-hybridized carbons (Fsp3) is 0.562. The van der Waals surface area contributed by atoms with Gasteiger partial charge in [-0.15, -0.1) is 0 Å². The summed E-state index contributed by atoms with van der Waals surface area (Å²) in [5.41, 5.74) is 6.86. The number of amides is 1. The molecule has 114 valence electrons. The zero-order valence-corrected chi connectivity index (χ0v) is 12.4. The van der Waals surface area contributed by atoms with Crippen molar-refractivity contribution < 1.29 is 14.3 Å². The summed E-state index contributed by atoms with van der Waals surface area (Å²) in [6.45, 7) is 2.39. The molecule has 21 heavy (non-hydrogen) atoms. The van der Waals surface area contributed by atoms with Crippen LogP contribution in [0.5, 0.6) is 11.5 Å². The summed E-state index contributed by atoms with van der Waals surface area (Å²) in [4.78, 5) is 12.4. The van der Waals surface area contributed by atoms with Gasteiger partial charge in [0.25, 0.3) is 5.91 Å². The van der Waals surface area contributed by atoms with E-state index in [1.807, 2.05) is 0 Å². The van der Waals surface area contributed by atoms with Crippen molar-refractivity contribution in [3.05, 3.63) is 17.7 Å². The molecule has 1 amide bonds. The quantitative estimate of drug-likeness (QED) is 0.839. The molecule has 5 nitrogen and oxygen atoms in total. The van der Waals surface area contributed by atoms with Gasteiger partial charge < -0.3 is 20.5 Å². The molecule has 3 N–H and O–H groups in total. The third kappa shape index (κ3) is 2.91. The Morgan fingerprint density at radius 1 is 1.33 bits per heavy atom. The van der Waals surface area contributed by atoms with Crippen molar-refractivity contribution in [1.82, 2.24) is 5.32 Å². The van der Waals surface area contributed by atoms with Crippen molar-refractivity contribution in [2.75, 3.05) is 12.5 Å². The van der Waals surface area contributed by atoms with Gasteiger partial charge in [0.1, 0.15) is 0 Å².